The molecular formula is C20H19F3N6O. The van der Waals surface area contributed by atoms with Gasteiger partial charge in [-0.2, -0.15) is 5.10 Å². The fourth-order valence-electron chi connectivity index (χ4n) is 3.34. The van der Waals surface area contributed by atoms with E-state index in [0.717, 1.165) is 11.3 Å². The van der Waals surface area contributed by atoms with Crippen molar-refractivity contribution < 1.29 is 18.0 Å². The molecule has 0 unspecified atom stereocenters. The zero-order chi connectivity index (χ0) is 21.4. The van der Waals surface area contributed by atoms with Crippen molar-refractivity contribution >= 4 is 23.1 Å². The largest absolute Gasteiger partial charge is 0.366 e. The number of benzene rings is 1. The summed E-state index contributed by atoms with van der Waals surface area (Å²) in [7, 11) is 1.83. The number of amides is 1. The minimum Gasteiger partial charge on any atom is -0.366 e. The summed E-state index contributed by atoms with van der Waals surface area (Å²) < 4.78 is 42.1. The molecule has 7 nitrogen and oxygen atoms in total. The van der Waals surface area contributed by atoms with Gasteiger partial charge in [0, 0.05) is 49.1 Å². The predicted octanol–water partition coefficient (Wildman–Crippen LogP) is 3.05. The third-order valence-electron chi connectivity index (χ3n) is 4.82. The maximum Gasteiger partial charge on any atom is 0.243 e. The van der Waals surface area contributed by atoms with Crippen LogP contribution in [0.25, 0.3) is 0 Å². The first-order valence-corrected chi connectivity index (χ1v) is 9.21. The molecule has 0 bridgehead atoms. The van der Waals surface area contributed by atoms with Gasteiger partial charge in [0.25, 0.3) is 0 Å². The van der Waals surface area contributed by atoms with E-state index < -0.39 is 17.5 Å². The second-order valence-electron chi connectivity index (χ2n) is 7.14. The van der Waals surface area contributed by atoms with Crippen LogP contribution in [0.1, 0.15) is 16.8 Å². The van der Waals surface area contributed by atoms with E-state index in [0.29, 0.717) is 35.9 Å². The summed E-state index contributed by atoms with van der Waals surface area (Å²) in [5.41, 5.74) is 2.76. The van der Waals surface area contributed by atoms with Crippen LogP contribution in [0.3, 0.4) is 0 Å². The standard InChI is InChI=1S/C20H19F3N6O/c1-11-20-17(28(2)10-19(30)27-20)5-18(26-11)24-6-12-7-25-29(8-12)9-14-15(22)3-13(21)4-16(14)23/h3-5,7-8H,6,9-10H2,1-2H3,(H,24,26)(H,27,30). The third kappa shape index (κ3) is 3.93. The van der Waals surface area contributed by atoms with Gasteiger partial charge in [-0.3, -0.25) is 9.48 Å². The van der Waals surface area contributed by atoms with Gasteiger partial charge in [0.05, 0.1) is 36.4 Å². The van der Waals surface area contributed by atoms with E-state index in [1.165, 1.54) is 4.68 Å². The van der Waals surface area contributed by atoms with Crippen molar-refractivity contribution in [3.8, 4) is 0 Å². The van der Waals surface area contributed by atoms with E-state index >= 15 is 0 Å². The van der Waals surface area contributed by atoms with Crippen LogP contribution in [0.4, 0.5) is 30.4 Å². The Morgan fingerprint density at radius 2 is 1.93 bits per heavy atom. The lowest BCUT2D eigenvalue weighted by Crippen LogP contribution is -2.36. The average molecular weight is 416 g/mol. The minimum absolute atomic E-state index is 0.0861. The zero-order valence-corrected chi connectivity index (χ0v) is 16.3. The number of hydrogen-bond donors (Lipinski definition) is 2. The molecule has 0 radical (unpaired) electrons. The molecule has 3 heterocycles. The van der Waals surface area contributed by atoms with Crippen molar-refractivity contribution in [2.45, 2.75) is 20.0 Å². The van der Waals surface area contributed by atoms with E-state index in [1.807, 2.05) is 24.9 Å². The van der Waals surface area contributed by atoms with Crippen molar-refractivity contribution in [3.05, 3.63) is 64.9 Å². The van der Waals surface area contributed by atoms with Gasteiger partial charge in [0.1, 0.15) is 23.3 Å². The highest BCUT2D eigenvalue weighted by Gasteiger charge is 2.22. The highest BCUT2D eigenvalue weighted by atomic mass is 19.1. The Hall–Kier alpha value is -3.56. The molecule has 1 aliphatic heterocycles. The van der Waals surface area contributed by atoms with Gasteiger partial charge in [0.2, 0.25) is 5.91 Å². The molecule has 0 atom stereocenters. The summed E-state index contributed by atoms with van der Waals surface area (Å²) in [4.78, 5) is 18.0. The SMILES string of the molecule is Cc1nc(NCc2cnn(Cc3c(F)cc(F)cc3F)c2)cc2c1NC(=O)CN2C. The number of aryl methyl sites for hydroxylation is 1. The van der Waals surface area contributed by atoms with Crippen LogP contribution < -0.4 is 15.5 Å². The number of hydrogen-bond acceptors (Lipinski definition) is 5. The molecule has 1 amide bonds. The summed E-state index contributed by atoms with van der Waals surface area (Å²) in [5, 5.41) is 10.1. The predicted molar refractivity (Wildman–Crippen MR) is 106 cm³/mol. The Balaban J connectivity index is 1.46. The summed E-state index contributed by atoms with van der Waals surface area (Å²) in [5.74, 6) is -2.33. The van der Waals surface area contributed by atoms with Crippen LogP contribution in [0.15, 0.2) is 30.6 Å². The first-order valence-electron chi connectivity index (χ1n) is 9.21. The number of carbonyl (C=O) groups excluding carboxylic acids is 1. The number of rotatable bonds is 5. The molecule has 2 N–H and O–H groups in total. The molecule has 30 heavy (non-hydrogen) atoms. The van der Waals surface area contributed by atoms with Crippen LogP contribution in [0.2, 0.25) is 0 Å². The summed E-state index contributed by atoms with van der Waals surface area (Å²) in [6, 6.07) is 3.14. The van der Waals surface area contributed by atoms with Gasteiger partial charge in [0.15, 0.2) is 0 Å². The molecule has 3 aromatic rings. The lowest BCUT2D eigenvalue weighted by molar-refractivity contribution is -0.115. The number of carbonyl (C=O) groups is 1. The minimum atomic E-state index is -0.961. The number of nitrogens with one attached hydrogen (secondary N) is 2. The molecule has 0 saturated heterocycles. The van der Waals surface area contributed by atoms with Gasteiger partial charge >= 0.3 is 0 Å². The van der Waals surface area contributed by atoms with Gasteiger partial charge < -0.3 is 15.5 Å². The first-order chi connectivity index (χ1) is 14.3. The topological polar surface area (TPSA) is 75.1 Å². The van der Waals surface area contributed by atoms with Crippen LogP contribution in [0, 0.1) is 24.4 Å². The average Bonchev–Trinajstić information content (AvgIpc) is 3.11. The Morgan fingerprint density at radius 1 is 1.20 bits per heavy atom. The Kier molecular flexibility index (Phi) is 5.06. The van der Waals surface area contributed by atoms with Crippen LogP contribution in [-0.4, -0.2) is 34.3 Å². The molecular weight excluding hydrogens is 397 g/mol. The van der Waals surface area contributed by atoms with Crippen LogP contribution in [-0.2, 0) is 17.9 Å². The van der Waals surface area contributed by atoms with Gasteiger partial charge in [-0.1, -0.05) is 0 Å². The van der Waals surface area contributed by atoms with E-state index in [-0.39, 0.29) is 24.6 Å². The number of anilines is 3. The molecule has 0 aliphatic carbocycles. The van der Waals surface area contributed by atoms with E-state index in [1.54, 1.807) is 12.4 Å². The van der Waals surface area contributed by atoms with Crippen molar-refractivity contribution in [1.82, 2.24) is 14.8 Å². The van der Waals surface area contributed by atoms with Crippen molar-refractivity contribution in [3.63, 3.8) is 0 Å². The summed E-state index contributed by atoms with van der Waals surface area (Å²) in [6.45, 7) is 2.31. The van der Waals surface area contributed by atoms with Crippen LogP contribution >= 0.6 is 0 Å². The summed E-state index contributed by atoms with van der Waals surface area (Å²) >= 11 is 0. The number of nitrogens with zero attached hydrogens (tertiary/aromatic N) is 4. The monoisotopic (exact) mass is 416 g/mol. The third-order valence-corrected chi connectivity index (χ3v) is 4.82. The second-order valence-corrected chi connectivity index (χ2v) is 7.14. The fraction of sp³-hybridized carbons (Fsp3) is 0.250. The van der Waals surface area contributed by atoms with Gasteiger partial charge in [-0.15, -0.1) is 0 Å². The molecule has 1 aliphatic rings. The first kappa shape index (κ1) is 19.7. The Labute approximate surface area is 170 Å². The van der Waals surface area contributed by atoms with Crippen molar-refractivity contribution in [2.24, 2.45) is 0 Å². The molecule has 10 heteroatoms. The molecule has 4 rings (SSSR count). The second kappa shape index (κ2) is 7.69. The van der Waals surface area contributed by atoms with E-state index in [2.05, 4.69) is 20.7 Å². The molecule has 0 spiro atoms. The van der Waals surface area contributed by atoms with Crippen molar-refractivity contribution in [1.29, 1.82) is 0 Å². The normalized spacial score (nSPS) is 13.2. The Morgan fingerprint density at radius 3 is 2.67 bits per heavy atom. The van der Waals surface area contributed by atoms with Crippen molar-refractivity contribution in [2.75, 3.05) is 29.1 Å². The molecule has 0 fully saturated rings. The molecule has 0 saturated carbocycles. The van der Waals surface area contributed by atoms with Crippen LogP contribution in [0.5, 0.6) is 0 Å². The quantitative estimate of drug-likeness (QED) is 0.669. The Bertz CT molecular complexity index is 1110. The number of aromatic nitrogens is 3. The smallest absolute Gasteiger partial charge is 0.243 e. The number of fused-ring (bicyclic) bond motifs is 1. The maximum atomic E-state index is 13.8. The van der Waals surface area contributed by atoms with Gasteiger partial charge in [-0.25, -0.2) is 18.2 Å². The van der Waals surface area contributed by atoms with E-state index in [9.17, 15) is 18.0 Å². The molecule has 1 aromatic carbocycles. The number of halogens is 3. The number of likely N-dealkylation sites (N-methyl/N-ethyl adjacent to an activating group) is 1. The highest BCUT2D eigenvalue weighted by Crippen LogP contribution is 2.32. The van der Waals surface area contributed by atoms with Gasteiger partial charge in [-0.05, 0) is 6.92 Å². The van der Waals surface area contributed by atoms with E-state index in [4.69, 9.17) is 0 Å². The maximum absolute atomic E-state index is 13.8. The zero-order valence-electron chi connectivity index (χ0n) is 16.3. The lowest BCUT2D eigenvalue weighted by Gasteiger charge is -2.28. The lowest BCUT2D eigenvalue weighted by atomic mass is 10.2. The molecule has 156 valence electrons. The highest BCUT2D eigenvalue weighted by molar-refractivity contribution is 6.02. The summed E-state index contributed by atoms with van der Waals surface area (Å²) in [6.07, 6.45) is 3.22. The fourth-order valence-corrected chi connectivity index (χ4v) is 3.34. The number of pyridine rings is 1. The molecule has 2 aromatic heterocycles.